The highest BCUT2D eigenvalue weighted by molar-refractivity contribution is 7.25. The topological polar surface area (TPSA) is 3.24 Å². The molecule has 10 aromatic carbocycles. The van der Waals surface area contributed by atoms with Crippen LogP contribution in [0, 0.1) is 0 Å². The van der Waals surface area contributed by atoms with E-state index in [9.17, 15) is 0 Å². The lowest BCUT2D eigenvalue weighted by atomic mass is 9.68. The first-order valence-corrected chi connectivity index (χ1v) is 22.5. The molecule has 0 atom stereocenters. The van der Waals surface area contributed by atoms with E-state index in [1.54, 1.807) is 0 Å². The molecular formula is C61H41NS. The first-order chi connectivity index (χ1) is 31.2. The molecule has 0 unspecified atom stereocenters. The van der Waals surface area contributed by atoms with E-state index in [-0.39, 0.29) is 0 Å². The van der Waals surface area contributed by atoms with Gasteiger partial charge in [0.25, 0.3) is 0 Å². The summed E-state index contributed by atoms with van der Waals surface area (Å²) < 4.78 is 2.65. The van der Waals surface area contributed by atoms with Gasteiger partial charge in [0.2, 0.25) is 0 Å². The number of hydrogen-bond donors (Lipinski definition) is 0. The molecule has 0 spiro atoms. The lowest BCUT2D eigenvalue weighted by Gasteiger charge is -2.34. The van der Waals surface area contributed by atoms with Crippen molar-refractivity contribution in [1.29, 1.82) is 0 Å². The Kier molecular flexibility index (Phi) is 8.98. The van der Waals surface area contributed by atoms with Crippen LogP contribution in [0.25, 0.3) is 64.7 Å². The number of thiophene rings is 1. The van der Waals surface area contributed by atoms with Crippen molar-refractivity contribution in [3.05, 3.63) is 271 Å². The van der Waals surface area contributed by atoms with E-state index in [0.717, 1.165) is 17.1 Å². The lowest BCUT2D eigenvalue weighted by molar-refractivity contribution is 0.768. The van der Waals surface area contributed by atoms with E-state index in [1.807, 2.05) is 11.3 Å². The van der Waals surface area contributed by atoms with Crippen LogP contribution in [-0.4, -0.2) is 0 Å². The third kappa shape index (κ3) is 6.22. The van der Waals surface area contributed by atoms with Gasteiger partial charge in [-0.3, -0.25) is 0 Å². The van der Waals surface area contributed by atoms with Crippen LogP contribution in [0.2, 0.25) is 0 Å². The predicted octanol–water partition coefficient (Wildman–Crippen LogP) is 16.9. The Bertz CT molecular complexity index is 3370. The van der Waals surface area contributed by atoms with Gasteiger partial charge in [-0.25, -0.2) is 0 Å². The Hall–Kier alpha value is -7.78. The second-order valence-corrected chi connectivity index (χ2v) is 17.5. The van der Waals surface area contributed by atoms with E-state index in [2.05, 4.69) is 254 Å². The summed E-state index contributed by atoms with van der Waals surface area (Å²) >= 11 is 1.86. The van der Waals surface area contributed by atoms with Gasteiger partial charge in [0.15, 0.2) is 0 Å². The summed E-state index contributed by atoms with van der Waals surface area (Å²) in [6.07, 6.45) is 0. The number of hydrogen-bond acceptors (Lipinski definition) is 2. The van der Waals surface area contributed by atoms with Gasteiger partial charge in [-0.15, -0.1) is 11.3 Å². The molecule has 1 aromatic heterocycles. The Morgan fingerprint density at radius 2 is 0.714 bits per heavy atom. The zero-order chi connectivity index (χ0) is 41.7. The van der Waals surface area contributed by atoms with Crippen LogP contribution >= 0.6 is 11.3 Å². The van der Waals surface area contributed by atoms with Crippen LogP contribution in [0.1, 0.15) is 22.3 Å². The van der Waals surface area contributed by atoms with Crippen LogP contribution in [0.15, 0.2) is 249 Å². The molecule has 1 nitrogen and oxygen atoms in total. The van der Waals surface area contributed by atoms with Crippen molar-refractivity contribution in [1.82, 2.24) is 0 Å². The van der Waals surface area contributed by atoms with Gasteiger partial charge in [0.05, 0.1) is 5.41 Å². The van der Waals surface area contributed by atoms with Crippen molar-refractivity contribution in [3.63, 3.8) is 0 Å². The van der Waals surface area contributed by atoms with Crippen molar-refractivity contribution in [3.8, 4) is 44.5 Å². The Morgan fingerprint density at radius 1 is 0.286 bits per heavy atom. The fraction of sp³-hybridized carbons (Fsp3) is 0.0164. The molecule has 11 aromatic rings. The second kappa shape index (κ2) is 15.3. The monoisotopic (exact) mass is 819 g/mol. The van der Waals surface area contributed by atoms with Crippen molar-refractivity contribution >= 4 is 48.6 Å². The molecule has 1 aliphatic rings. The largest absolute Gasteiger partial charge is 0.311 e. The molecule has 0 bridgehead atoms. The molecule has 0 radical (unpaired) electrons. The van der Waals surface area contributed by atoms with E-state index in [0.29, 0.717) is 0 Å². The predicted molar refractivity (Wildman–Crippen MR) is 268 cm³/mol. The van der Waals surface area contributed by atoms with E-state index in [4.69, 9.17) is 0 Å². The number of benzene rings is 10. The molecule has 0 N–H and O–H groups in total. The van der Waals surface area contributed by atoms with Gasteiger partial charge >= 0.3 is 0 Å². The highest BCUT2D eigenvalue weighted by Crippen LogP contribution is 2.56. The van der Waals surface area contributed by atoms with Crippen LogP contribution in [0.3, 0.4) is 0 Å². The van der Waals surface area contributed by atoms with Gasteiger partial charge in [-0.05, 0) is 127 Å². The first-order valence-electron chi connectivity index (χ1n) is 21.7. The molecule has 0 fully saturated rings. The third-order valence-corrected chi connectivity index (χ3v) is 14.1. The molecule has 63 heavy (non-hydrogen) atoms. The van der Waals surface area contributed by atoms with Crippen LogP contribution in [-0.2, 0) is 5.41 Å². The summed E-state index contributed by atoms with van der Waals surface area (Å²) in [5.74, 6) is 0. The molecule has 0 saturated heterocycles. The quantitative estimate of drug-likeness (QED) is 0.148. The van der Waals surface area contributed by atoms with Crippen LogP contribution < -0.4 is 4.90 Å². The third-order valence-electron chi connectivity index (χ3n) is 13.0. The summed E-state index contributed by atoms with van der Waals surface area (Å²) in [6.45, 7) is 0. The minimum absolute atomic E-state index is 0.454. The molecular weight excluding hydrogens is 779 g/mol. The zero-order valence-corrected chi connectivity index (χ0v) is 35.3. The zero-order valence-electron chi connectivity index (χ0n) is 34.5. The maximum absolute atomic E-state index is 2.39. The normalized spacial score (nSPS) is 12.6. The highest BCUT2D eigenvalue weighted by atomic mass is 32.1. The SMILES string of the molecule is c1ccc(-c2cccc(-c3ccc(N(c4ccc(-c5ccc6sc7ccccc7c6c5)cc4)c4ccc(C5(c6ccccc6)c6ccccc6-c6ccccc65)cc4)cc3)c2)cc1. The fourth-order valence-electron chi connectivity index (χ4n) is 10.0. The number of anilines is 3. The van der Waals surface area contributed by atoms with Gasteiger partial charge in [0.1, 0.15) is 0 Å². The Balaban J connectivity index is 0.966. The van der Waals surface area contributed by atoms with Gasteiger partial charge in [-0.2, -0.15) is 0 Å². The molecule has 12 rings (SSSR count). The van der Waals surface area contributed by atoms with Crippen molar-refractivity contribution in [2.75, 3.05) is 4.90 Å². The van der Waals surface area contributed by atoms with Crippen molar-refractivity contribution < 1.29 is 0 Å². The van der Waals surface area contributed by atoms with E-state index in [1.165, 1.54) is 86.9 Å². The number of fused-ring (bicyclic) bond motifs is 6. The summed E-state index contributed by atoms with van der Waals surface area (Å²) in [7, 11) is 0. The lowest BCUT2D eigenvalue weighted by Crippen LogP contribution is -2.28. The van der Waals surface area contributed by atoms with Gasteiger partial charge in [0, 0.05) is 37.2 Å². The summed E-state index contributed by atoms with van der Waals surface area (Å²) in [5.41, 5.74) is 17.8. The maximum Gasteiger partial charge on any atom is 0.0713 e. The Labute approximate surface area is 372 Å². The average Bonchev–Trinajstić information content (AvgIpc) is 3.89. The molecule has 1 aliphatic carbocycles. The fourth-order valence-corrected chi connectivity index (χ4v) is 11.1. The van der Waals surface area contributed by atoms with Crippen molar-refractivity contribution in [2.45, 2.75) is 5.41 Å². The summed E-state index contributed by atoms with van der Waals surface area (Å²) in [6, 6.07) is 91.4. The maximum atomic E-state index is 2.39. The molecule has 0 saturated carbocycles. The molecule has 0 amide bonds. The van der Waals surface area contributed by atoms with Crippen LogP contribution in [0.4, 0.5) is 17.1 Å². The highest BCUT2D eigenvalue weighted by Gasteiger charge is 2.45. The Morgan fingerprint density at radius 3 is 1.33 bits per heavy atom. The number of nitrogens with zero attached hydrogens (tertiary/aromatic N) is 1. The molecule has 0 aliphatic heterocycles. The van der Waals surface area contributed by atoms with Gasteiger partial charge in [-0.1, -0.05) is 188 Å². The summed E-state index contributed by atoms with van der Waals surface area (Å²) in [5, 5.41) is 2.63. The number of rotatable bonds is 8. The first kappa shape index (κ1) is 37.0. The molecule has 2 heteroatoms. The minimum atomic E-state index is -0.454. The standard InChI is InChI=1S/C61H41NS/c1-3-14-42(15-4-1)45-16-13-17-46(40-45)43-26-33-50(34-27-43)62(51-35-28-44(29-36-51)47-30-39-60-56(41-47)55-22-9-12-25-59(55)63-60)52-37-31-49(32-38-52)61(48-18-5-2-6-19-48)57-23-10-7-20-53(57)54-21-8-11-24-58(54)61/h1-41H. The second-order valence-electron chi connectivity index (χ2n) is 16.4. The van der Waals surface area contributed by atoms with E-state index < -0.39 is 5.41 Å². The van der Waals surface area contributed by atoms with E-state index >= 15 is 0 Å². The summed E-state index contributed by atoms with van der Waals surface area (Å²) in [4.78, 5) is 2.39. The minimum Gasteiger partial charge on any atom is -0.311 e. The van der Waals surface area contributed by atoms with Crippen molar-refractivity contribution in [2.24, 2.45) is 0 Å². The molecule has 1 heterocycles. The van der Waals surface area contributed by atoms with Crippen LogP contribution in [0.5, 0.6) is 0 Å². The van der Waals surface area contributed by atoms with Gasteiger partial charge < -0.3 is 4.90 Å². The molecule has 296 valence electrons. The average molecular weight is 820 g/mol. The smallest absolute Gasteiger partial charge is 0.0713 e.